The molecule has 2 rings (SSSR count). The molecule has 1 unspecified atom stereocenters. The van der Waals surface area contributed by atoms with Crippen molar-refractivity contribution in [3.8, 4) is 23.8 Å². The highest BCUT2D eigenvalue weighted by molar-refractivity contribution is 5.76. The predicted octanol–water partition coefficient (Wildman–Crippen LogP) is 3.65. The highest BCUT2D eigenvalue weighted by Gasteiger charge is 2.10. The first-order valence-corrected chi connectivity index (χ1v) is 8.63. The van der Waals surface area contributed by atoms with Gasteiger partial charge in [-0.2, -0.15) is 0 Å². The van der Waals surface area contributed by atoms with E-state index in [1.54, 1.807) is 14.0 Å². The summed E-state index contributed by atoms with van der Waals surface area (Å²) in [5, 5.41) is 2.95. The van der Waals surface area contributed by atoms with E-state index in [2.05, 4.69) is 11.2 Å². The number of rotatable bonds is 8. The standard InChI is InChI=1S/C22H25NO3/c1-5-17(3)26-20-12-10-18(14-21(20)25-4)11-13-22(24)23-15-19-8-6-16(2)7-9-19/h1,6-10,12,14,17H,11,13,15H2,2-4H3,(H,23,24). The molecule has 1 amide bonds. The maximum Gasteiger partial charge on any atom is 0.220 e. The summed E-state index contributed by atoms with van der Waals surface area (Å²) in [7, 11) is 1.58. The average molecular weight is 351 g/mol. The summed E-state index contributed by atoms with van der Waals surface area (Å²) in [4.78, 5) is 12.1. The second kappa shape index (κ2) is 9.53. The van der Waals surface area contributed by atoms with Crippen molar-refractivity contribution in [1.29, 1.82) is 0 Å². The number of terminal acetylenes is 1. The van der Waals surface area contributed by atoms with Crippen LogP contribution in [0.5, 0.6) is 11.5 Å². The summed E-state index contributed by atoms with van der Waals surface area (Å²) in [5.74, 6) is 3.76. The first-order chi connectivity index (χ1) is 12.5. The smallest absolute Gasteiger partial charge is 0.220 e. The monoisotopic (exact) mass is 351 g/mol. The van der Waals surface area contributed by atoms with Gasteiger partial charge in [-0.3, -0.25) is 4.79 Å². The van der Waals surface area contributed by atoms with Crippen LogP contribution in [0.4, 0.5) is 0 Å². The Morgan fingerprint density at radius 1 is 1.15 bits per heavy atom. The molecule has 2 aromatic carbocycles. The van der Waals surface area contributed by atoms with Gasteiger partial charge in [0.15, 0.2) is 17.6 Å². The zero-order chi connectivity index (χ0) is 18.9. The van der Waals surface area contributed by atoms with Crippen molar-refractivity contribution in [2.24, 2.45) is 0 Å². The third-order valence-electron chi connectivity index (χ3n) is 4.02. The number of carbonyl (C=O) groups excluding carboxylic acids is 1. The highest BCUT2D eigenvalue weighted by Crippen LogP contribution is 2.29. The van der Waals surface area contributed by atoms with E-state index in [0.717, 1.165) is 11.1 Å². The third-order valence-corrected chi connectivity index (χ3v) is 4.02. The lowest BCUT2D eigenvalue weighted by atomic mass is 10.1. The van der Waals surface area contributed by atoms with Crippen LogP contribution in [0, 0.1) is 19.3 Å². The van der Waals surface area contributed by atoms with Crippen LogP contribution in [0.15, 0.2) is 42.5 Å². The summed E-state index contributed by atoms with van der Waals surface area (Å²) in [5.41, 5.74) is 3.31. The molecule has 0 aliphatic rings. The molecule has 4 heteroatoms. The normalized spacial score (nSPS) is 11.3. The average Bonchev–Trinajstić information content (AvgIpc) is 2.66. The van der Waals surface area contributed by atoms with Crippen LogP contribution in [-0.4, -0.2) is 19.1 Å². The molecule has 0 fully saturated rings. The molecule has 0 aliphatic heterocycles. The molecule has 136 valence electrons. The minimum Gasteiger partial charge on any atom is -0.493 e. The molecule has 0 aliphatic carbocycles. The van der Waals surface area contributed by atoms with Crippen LogP contribution >= 0.6 is 0 Å². The van der Waals surface area contributed by atoms with E-state index >= 15 is 0 Å². The van der Waals surface area contributed by atoms with Gasteiger partial charge < -0.3 is 14.8 Å². The van der Waals surface area contributed by atoms with Crippen LogP contribution in [0.1, 0.15) is 30.0 Å². The number of aryl methyl sites for hydroxylation is 2. The summed E-state index contributed by atoms with van der Waals surface area (Å²) in [6.07, 6.45) is 6.05. The van der Waals surface area contributed by atoms with Crippen molar-refractivity contribution in [1.82, 2.24) is 5.32 Å². The molecular formula is C22H25NO3. The van der Waals surface area contributed by atoms with Crippen molar-refractivity contribution in [2.45, 2.75) is 39.3 Å². The number of benzene rings is 2. The molecule has 0 heterocycles. The fourth-order valence-corrected chi connectivity index (χ4v) is 2.44. The van der Waals surface area contributed by atoms with Gasteiger partial charge in [-0.1, -0.05) is 41.8 Å². The number of hydrogen-bond donors (Lipinski definition) is 1. The van der Waals surface area contributed by atoms with E-state index in [0.29, 0.717) is 30.9 Å². The van der Waals surface area contributed by atoms with Crippen molar-refractivity contribution in [2.75, 3.05) is 7.11 Å². The molecule has 26 heavy (non-hydrogen) atoms. The Bertz CT molecular complexity index is 775. The van der Waals surface area contributed by atoms with E-state index in [9.17, 15) is 4.79 Å². The van der Waals surface area contributed by atoms with Gasteiger partial charge in [-0.15, -0.1) is 6.42 Å². The molecule has 0 radical (unpaired) electrons. The topological polar surface area (TPSA) is 47.6 Å². The van der Waals surface area contributed by atoms with Gasteiger partial charge in [0.05, 0.1) is 7.11 Å². The van der Waals surface area contributed by atoms with E-state index in [1.807, 2.05) is 49.4 Å². The molecular weight excluding hydrogens is 326 g/mol. The zero-order valence-corrected chi connectivity index (χ0v) is 15.5. The Labute approximate surface area is 155 Å². The van der Waals surface area contributed by atoms with Gasteiger partial charge in [-0.05, 0) is 43.5 Å². The lowest BCUT2D eigenvalue weighted by Crippen LogP contribution is -2.23. The van der Waals surface area contributed by atoms with Crippen LogP contribution in [0.2, 0.25) is 0 Å². The van der Waals surface area contributed by atoms with Crippen molar-refractivity contribution < 1.29 is 14.3 Å². The predicted molar refractivity (Wildman–Crippen MR) is 103 cm³/mol. The van der Waals surface area contributed by atoms with E-state index < -0.39 is 0 Å². The molecule has 0 saturated heterocycles. The lowest BCUT2D eigenvalue weighted by Gasteiger charge is -2.14. The first kappa shape index (κ1) is 19.4. The van der Waals surface area contributed by atoms with Crippen molar-refractivity contribution in [3.05, 3.63) is 59.2 Å². The number of methoxy groups -OCH3 is 1. The SMILES string of the molecule is C#CC(C)Oc1ccc(CCC(=O)NCc2ccc(C)cc2)cc1OC. The summed E-state index contributed by atoms with van der Waals surface area (Å²) in [6, 6.07) is 13.8. The van der Waals surface area contributed by atoms with Gasteiger partial charge in [0, 0.05) is 13.0 Å². The quantitative estimate of drug-likeness (QED) is 0.739. The fourth-order valence-electron chi connectivity index (χ4n) is 2.44. The Morgan fingerprint density at radius 2 is 1.85 bits per heavy atom. The maximum absolute atomic E-state index is 12.1. The molecule has 1 atom stereocenters. The summed E-state index contributed by atoms with van der Waals surface area (Å²) in [6.45, 7) is 4.38. The van der Waals surface area contributed by atoms with Crippen molar-refractivity contribution in [3.63, 3.8) is 0 Å². The van der Waals surface area contributed by atoms with Gasteiger partial charge in [0.2, 0.25) is 5.91 Å². The lowest BCUT2D eigenvalue weighted by molar-refractivity contribution is -0.121. The first-order valence-electron chi connectivity index (χ1n) is 8.63. The van der Waals surface area contributed by atoms with Gasteiger partial charge in [-0.25, -0.2) is 0 Å². The largest absolute Gasteiger partial charge is 0.493 e. The van der Waals surface area contributed by atoms with Crippen molar-refractivity contribution >= 4 is 5.91 Å². The second-order valence-corrected chi connectivity index (χ2v) is 6.17. The molecule has 1 N–H and O–H groups in total. The van der Waals surface area contributed by atoms with Gasteiger partial charge >= 0.3 is 0 Å². The molecule has 0 bridgehead atoms. The number of ether oxygens (including phenoxy) is 2. The second-order valence-electron chi connectivity index (χ2n) is 6.17. The minimum absolute atomic E-state index is 0.0193. The van der Waals surface area contributed by atoms with E-state index in [1.165, 1.54) is 5.56 Å². The zero-order valence-electron chi connectivity index (χ0n) is 15.5. The third kappa shape index (κ3) is 5.86. The number of hydrogen-bond acceptors (Lipinski definition) is 3. The number of carbonyl (C=O) groups is 1. The highest BCUT2D eigenvalue weighted by atomic mass is 16.5. The molecule has 2 aromatic rings. The van der Waals surface area contributed by atoms with Gasteiger partial charge in [0.1, 0.15) is 0 Å². The molecule has 4 nitrogen and oxygen atoms in total. The number of amides is 1. The molecule has 0 saturated carbocycles. The van der Waals surface area contributed by atoms with Gasteiger partial charge in [0.25, 0.3) is 0 Å². The molecule has 0 spiro atoms. The number of nitrogens with one attached hydrogen (secondary N) is 1. The Kier molecular flexibility index (Phi) is 7.11. The Morgan fingerprint density at radius 3 is 2.50 bits per heavy atom. The van der Waals surface area contributed by atoms with Crippen LogP contribution in [0.3, 0.4) is 0 Å². The van der Waals surface area contributed by atoms with Crippen LogP contribution < -0.4 is 14.8 Å². The van der Waals surface area contributed by atoms with Crippen LogP contribution in [-0.2, 0) is 17.8 Å². The van der Waals surface area contributed by atoms with Crippen LogP contribution in [0.25, 0.3) is 0 Å². The molecule has 0 aromatic heterocycles. The Hall–Kier alpha value is -2.93. The Balaban J connectivity index is 1.87. The van der Waals surface area contributed by atoms with E-state index in [4.69, 9.17) is 15.9 Å². The fraction of sp³-hybridized carbons (Fsp3) is 0.318. The van der Waals surface area contributed by atoms with E-state index in [-0.39, 0.29) is 12.0 Å². The summed E-state index contributed by atoms with van der Waals surface area (Å²) >= 11 is 0. The minimum atomic E-state index is -0.331. The maximum atomic E-state index is 12.1. The summed E-state index contributed by atoms with van der Waals surface area (Å²) < 4.78 is 11.0.